The molecular weight excluding hydrogens is 670 g/mol. The van der Waals surface area contributed by atoms with Crippen LogP contribution < -0.4 is 20.3 Å². The molecule has 14 heteroatoms. The molecule has 0 radical (unpaired) electrons. The third-order valence-corrected chi connectivity index (χ3v) is 10.2. The Morgan fingerprint density at radius 3 is 2.38 bits per heavy atom. The van der Waals surface area contributed by atoms with Crippen LogP contribution in [0.25, 0.3) is 0 Å². The quantitative estimate of drug-likeness (QED) is 0.169. The first-order valence-corrected chi connectivity index (χ1v) is 17.4. The number of amides is 2. The molecule has 0 spiro atoms. The highest BCUT2D eigenvalue weighted by Crippen LogP contribution is 2.39. The molecule has 2 amide bonds. The topological polar surface area (TPSA) is 132 Å². The molecule has 4 heterocycles. The van der Waals surface area contributed by atoms with Crippen LogP contribution in [0.5, 0.6) is 11.5 Å². The molecule has 0 saturated carbocycles. The third-order valence-electron chi connectivity index (χ3n) is 10.2. The number of para-hydroxylation sites is 1. The van der Waals surface area contributed by atoms with Crippen molar-refractivity contribution in [2.75, 3.05) is 75.1 Å². The van der Waals surface area contributed by atoms with E-state index < -0.39 is 29.0 Å². The van der Waals surface area contributed by atoms with E-state index >= 15 is 0 Å². The Kier molecular flexibility index (Phi) is 11.0. The number of nitriles is 1. The zero-order valence-corrected chi connectivity index (χ0v) is 29.7. The number of piperidine rings is 1. The van der Waals surface area contributed by atoms with Crippen LogP contribution in [0.2, 0.25) is 0 Å². The summed E-state index contributed by atoms with van der Waals surface area (Å²) >= 11 is 0. The fourth-order valence-corrected chi connectivity index (χ4v) is 7.14. The van der Waals surface area contributed by atoms with E-state index in [1.54, 1.807) is 58.2 Å². The summed E-state index contributed by atoms with van der Waals surface area (Å²) in [7, 11) is 1.76. The Balaban J connectivity index is 1.16. The van der Waals surface area contributed by atoms with Crippen LogP contribution in [0, 0.1) is 23.0 Å². The summed E-state index contributed by atoms with van der Waals surface area (Å²) in [6, 6.07) is 13.9. The van der Waals surface area contributed by atoms with Crippen molar-refractivity contribution in [1.82, 2.24) is 19.7 Å². The van der Waals surface area contributed by atoms with Crippen LogP contribution in [-0.2, 0) is 14.3 Å². The lowest BCUT2D eigenvalue weighted by Crippen LogP contribution is -2.59. The molecule has 0 aliphatic carbocycles. The van der Waals surface area contributed by atoms with Crippen molar-refractivity contribution in [2.24, 2.45) is 0 Å². The number of hydrogen-bond acceptors (Lipinski definition) is 10. The number of halogens is 2. The van der Waals surface area contributed by atoms with Gasteiger partial charge in [0.1, 0.15) is 28.9 Å². The van der Waals surface area contributed by atoms with E-state index in [0.29, 0.717) is 42.5 Å². The van der Waals surface area contributed by atoms with Gasteiger partial charge in [-0.25, -0.2) is 13.8 Å². The van der Waals surface area contributed by atoms with E-state index in [1.807, 2.05) is 13.8 Å². The van der Waals surface area contributed by atoms with Gasteiger partial charge >= 0.3 is 0 Å². The molecule has 3 fully saturated rings. The number of rotatable bonds is 11. The Bertz CT molecular complexity index is 1820. The fourth-order valence-electron chi connectivity index (χ4n) is 7.14. The molecule has 3 aromatic rings. The highest BCUT2D eigenvalue weighted by atomic mass is 19.1. The first kappa shape index (κ1) is 36.7. The van der Waals surface area contributed by atoms with Crippen LogP contribution in [0.15, 0.2) is 66.4 Å². The first-order valence-electron chi connectivity index (χ1n) is 17.4. The molecular formula is C38H44F2N8O4. The van der Waals surface area contributed by atoms with E-state index in [2.05, 4.69) is 20.9 Å². The summed E-state index contributed by atoms with van der Waals surface area (Å²) in [4.78, 5) is 40.6. The number of carbonyl (C=O) groups is 2. The summed E-state index contributed by atoms with van der Waals surface area (Å²) in [5.74, 6) is -2.11. The number of pyridine rings is 1. The van der Waals surface area contributed by atoms with Gasteiger partial charge in [0.25, 0.3) is 5.91 Å². The Hall–Kier alpha value is -5.10. The summed E-state index contributed by atoms with van der Waals surface area (Å²) in [6.07, 6.45) is 5.27. The molecule has 3 saturated heterocycles. The number of ether oxygens (including phenoxy) is 2. The monoisotopic (exact) mass is 714 g/mol. The van der Waals surface area contributed by atoms with Crippen LogP contribution in [0.1, 0.15) is 26.7 Å². The van der Waals surface area contributed by atoms with Crippen LogP contribution in [-0.4, -0.2) is 109 Å². The van der Waals surface area contributed by atoms with E-state index in [1.165, 1.54) is 12.3 Å². The Labute approximate surface area is 302 Å². The zero-order chi connectivity index (χ0) is 37.0. The van der Waals surface area contributed by atoms with Crippen LogP contribution in [0.3, 0.4) is 0 Å². The summed E-state index contributed by atoms with van der Waals surface area (Å²) in [5.41, 5.74) is 7.56. The van der Waals surface area contributed by atoms with E-state index in [4.69, 9.17) is 15.2 Å². The van der Waals surface area contributed by atoms with Gasteiger partial charge in [0.05, 0.1) is 31.0 Å². The maximum Gasteiger partial charge on any atom is 0.264 e. The smallest absolute Gasteiger partial charge is 0.264 e. The second-order valence-electron chi connectivity index (χ2n) is 13.9. The van der Waals surface area contributed by atoms with Gasteiger partial charge in [-0.05, 0) is 75.2 Å². The molecule has 1 aromatic heterocycles. The summed E-state index contributed by atoms with van der Waals surface area (Å²) in [6.45, 7) is 9.75. The second-order valence-corrected chi connectivity index (χ2v) is 13.9. The van der Waals surface area contributed by atoms with Gasteiger partial charge < -0.3 is 29.9 Å². The van der Waals surface area contributed by atoms with Gasteiger partial charge in [-0.3, -0.25) is 19.4 Å². The van der Waals surface area contributed by atoms with Crippen molar-refractivity contribution < 1.29 is 27.8 Å². The number of nitrogens with two attached hydrogens (primary N) is 1. The first-order chi connectivity index (χ1) is 25.0. The largest absolute Gasteiger partial charge is 0.451 e. The van der Waals surface area contributed by atoms with E-state index in [-0.39, 0.29) is 29.6 Å². The molecule has 1 unspecified atom stereocenters. The van der Waals surface area contributed by atoms with Gasteiger partial charge in [0, 0.05) is 63.7 Å². The molecule has 52 heavy (non-hydrogen) atoms. The van der Waals surface area contributed by atoms with Crippen molar-refractivity contribution in [3.05, 3.63) is 78.0 Å². The normalized spacial score (nSPS) is 19.0. The standard InChI is InChI=1S/C38H44F2N8O4/c1-38(2,47-18-16-45(17-19-47)29-23-51-24-29)20-26(21-41)37(50)46-15-5-6-28(22-46)48(25-49)33-13-14-43-36(42)34(33)44(3)27-9-11-30(12-10-27)52-35-31(39)7-4-8-32(35)40/h4,7-14,20,25,28-29H,5-6,15-19,22-24H2,1-3H3,(H2,42,43)/b26-20+. The van der Waals surface area contributed by atoms with Gasteiger partial charge in [0.15, 0.2) is 17.4 Å². The van der Waals surface area contributed by atoms with Crippen molar-refractivity contribution in [3.8, 4) is 17.6 Å². The molecule has 3 aliphatic rings. The molecule has 274 valence electrons. The molecule has 0 bridgehead atoms. The maximum absolute atomic E-state index is 14.1. The molecule has 2 N–H and O–H groups in total. The summed E-state index contributed by atoms with van der Waals surface area (Å²) < 4.78 is 39.1. The summed E-state index contributed by atoms with van der Waals surface area (Å²) in [5, 5.41) is 10.2. The minimum Gasteiger partial charge on any atom is -0.451 e. The number of aromatic nitrogens is 1. The minimum absolute atomic E-state index is 0.0804. The zero-order valence-electron chi connectivity index (χ0n) is 29.7. The van der Waals surface area contributed by atoms with Gasteiger partial charge in [-0.1, -0.05) is 6.07 Å². The lowest BCUT2D eigenvalue weighted by molar-refractivity contribution is -0.128. The van der Waals surface area contributed by atoms with Gasteiger partial charge in [-0.15, -0.1) is 0 Å². The SMILES string of the molecule is CN(c1ccc(Oc2c(F)cccc2F)cc1)c1c(N(C=O)C2CCCN(C(=O)/C(C#N)=C/C(C)(C)N3CCN(C4COC4)CC3)C2)ccnc1N. The van der Waals surface area contributed by atoms with Crippen LogP contribution >= 0.6 is 0 Å². The van der Waals surface area contributed by atoms with Crippen molar-refractivity contribution in [2.45, 2.75) is 44.3 Å². The van der Waals surface area contributed by atoms with Gasteiger partial charge in [0.2, 0.25) is 6.41 Å². The number of hydrogen-bond donors (Lipinski definition) is 1. The lowest BCUT2D eigenvalue weighted by atomic mass is 9.96. The predicted molar refractivity (Wildman–Crippen MR) is 193 cm³/mol. The second kappa shape index (κ2) is 15.6. The van der Waals surface area contributed by atoms with E-state index in [0.717, 1.165) is 57.9 Å². The minimum atomic E-state index is -0.820. The number of anilines is 4. The van der Waals surface area contributed by atoms with Crippen molar-refractivity contribution in [3.63, 3.8) is 0 Å². The lowest BCUT2D eigenvalue weighted by Gasteiger charge is -2.46. The molecule has 2 aromatic carbocycles. The number of carbonyl (C=O) groups excluding carboxylic acids is 2. The average Bonchev–Trinajstić information content (AvgIpc) is 3.12. The maximum atomic E-state index is 14.1. The van der Waals surface area contributed by atoms with Gasteiger partial charge in [-0.2, -0.15) is 5.26 Å². The molecule has 12 nitrogen and oxygen atoms in total. The number of nitrogens with zero attached hydrogens (tertiary/aromatic N) is 7. The fraction of sp³-hybridized carbons (Fsp3) is 0.421. The Morgan fingerprint density at radius 2 is 1.77 bits per heavy atom. The number of piperazine rings is 1. The molecule has 3 aliphatic heterocycles. The average molecular weight is 715 g/mol. The number of benzene rings is 2. The van der Waals surface area contributed by atoms with E-state index in [9.17, 15) is 23.6 Å². The number of nitrogen functional groups attached to an aromatic ring is 1. The molecule has 6 rings (SSSR count). The number of likely N-dealkylation sites (tertiary alicyclic amines) is 1. The third kappa shape index (κ3) is 7.72. The highest BCUT2D eigenvalue weighted by Gasteiger charge is 2.36. The van der Waals surface area contributed by atoms with Crippen molar-refractivity contribution >= 4 is 35.2 Å². The predicted octanol–water partition coefficient (Wildman–Crippen LogP) is 4.70. The van der Waals surface area contributed by atoms with Crippen molar-refractivity contribution in [1.29, 1.82) is 5.26 Å². The highest BCUT2D eigenvalue weighted by molar-refractivity contribution is 5.98. The van der Waals surface area contributed by atoms with Crippen LogP contribution in [0.4, 0.5) is 31.7 Å². The Morgan fingerprint density at radius 1 is 1.08 bits per heavy atom. The molecule has 1 atom stereocenters.